The summed E-state index contributed by atoms with van der Waals surface area (Å²) in [6.07, 6.45) is 14.2. The number of nitrogens with one attached hydrogen (secondary N) is 1. The Bertz CT molecular complexity index is 1120. The minimum Gasteiger partial charge on any atom is -0.353 e. The molecule has 2 aromatic rings. The van der Waals surface area contributed by atoms with Gasteiger partial charge in [-0.3, -0.25) is 14.2 Å². The number of thioether (sulfide) groups is 1. The van der Waals surface area contributed by atoms with Crippen LogP contribution >= 0.6 is 23.1 Å². The number of fused-ring (bicyclic) bond motifs is 5. The van der Waals surface area contributed by atoms with Crippen LogP contribution in [0.5, 0.6) is 0 Å². The van der Waals surface area contributed by atoms with Gasteiger partial charge in [0.1, 0.15) is 4.83 Å². The van der Waals surface area contributed by atoms with E-state index in [2.05, 4.69) is 12.2 Å². The molecule has 33 heavy (non-hydrogen) atoms. The molecular weight excluding hydrogens is 450 g/mol. The van der Waals surface area contributed by atoms with Gasteiger partial charge in [-0.2, -0.15) is 0 Å². The van der Waals surface area contributed by atoms with Crippen molar-refractivity contribution in [2.24, 2.45) is 17.8 Å². The first-order chi connectivity index (χ1) is 16.1. The summed E-state index contributed by atoms with van der Waals surface area (Å²) in [5.74, 6) is 2.75. The van der Waals surface area contributed by atoms with Crippen molar-refractivity contribution in [2.75, 3.05) is 5.75 Å². The third kappa shape index (κ3) is 4.07. The molecule has 3 saturated carbocycles. The van der Waals surface area contributed by atoms with Crippen molar-refractivity contribution < 1.29 is 4.79 Å². The van der Waals surface area contributed by atoms with Gasteiger partial charge in [-0.15, -0.1) is 11.3 Å². The second-order valence-corrected chi connectivity index (χ2v) is 12.9. The summed E-state index contributed by atoms with van der Waals surface area (Å²) in [7, 11) is 0. The zero-order valence-electron chi connectivity index (χ0n) is 19.6. The molecule has 1 amide bonds. The molecule has 0 unspecified atom stereocenters. The zero-order valence-corrected chi connectivity index (χ0v) is 21.2. The van der Waals surface area contributed by atoms with Gasteiger partial charge in [0.15, 0.2) is 5.16 Å². The molecule has 0 radical (unpaired) electrons. The normalized spacial score (nSPS) is 27.8. The van der Waals surface area contributed by atoms with Crippen LogP contribution in [0.3, 0.4) is 0 Å². The minimum absolute atomic E-state index is 0.0769. The molecule has 4 aliphatic carbocycles. The fourth-order valence-electron chi connectivity index (χ4n) is 7.22. The van der Waals surface area contributed by atoms with E-state index in [4.69, 9.17) is 4.98 Å². The van der Waals surface area contributed by atoms with E-state index < -0.39 is 0 Å². The molecular formula is C26H35N3O2S2. The van der Waals surface area contributed by atoms with Crippen molar-refractivity contribution in [2.45, 2.75) is 101 Å². The molecule has 3 fully saturated rings. The Labute approximate surface area is 204 Å². The van der Waals surface area contributed by atoms with Crippen LogP contribution < -0.4 is 10.9 Å². The molecule has 6 rings (SSSR count). The van der Waals surface area contributed by atoms with E-state index in [1.54, 1.807) is 11.3 Å². The number of hydrogen-bond donors (Lipinski definition) is 1. The maximum absolute atomic E-state index is 13.8. The van der Waals surface area contributed by atoms with Gasteiger partial charge in [0.25, 0.3) is 5.56 Å². The minimum atomic E-state index is 0.0769. The number of thiophene rings is 1. The Balaban J connectivity index is 1.23. The lowest BCUT2D eigenvalue weighted by molar-refractivity contribution is -0.119. The van der Waals surface area contributed by atoms with Gasteiger partial charge >= 0.3 is 0 Å². The summed E-state index contributed by atoms with van der Waals surface area (Å²) < 4.78 is 1.97. The van der Waals surface area contributed by atoms with E-state index >= 15 is 0 Å². The highest BCUT2D eigenvalue weighted by atomic mass is 32.2. The van der Waals surface area contributed by atoms with Crippen LogP contribution in [-0.2, 0) is 17.6 Å². The molecule has 1 N–H and O–H groups in total. The van der Waals surface area contributed by atoms with Crippen molar-refractivity contribution in [3.63, 3.8) is 0 Å². The number of amides is 1. The fourth-order valence-corrected chi connectivity index (χ4v) is 9.40. The smallest absolute Gasteiger partial charge is 0.263 e. The first kappa shape index (κ1) is 22.1. The third-order valence-corrected chi connectivity index (χ3v) is 11.0. The molecule has 0 saturated heterocycles. The molecule has 2 aromatic heterocycles. The van der Waals surface area contributed by atoms with E-state index in [1.807, 2.05) is 4.57 Å². The van der Waals surface area contributed by atoms with Gasteiger partial charge in [0, 0.05) is 17.0 Å². The topological polar surface area (TPSA) is 64.0 Å². The first-order valence-corrected chi connectivity index (χ1v) is 14.9. The van der Waals surface area contributed by atoms with E-state index in [9.17, 15) is 9.59 Å². The molecule has 0 spiro atoms. The Morgan fingerprint density at radius 1 is 1.15 bits per heavy atom. The monoisotopic (exact) mass is 485 g/mol. The largest absolute Gasteiger partial charge is 0.353 e. The Kier molecular flexibility index (Phi) is 6.06. The van der Waals surface area contributed by atoms with Crippen LogP contribution in [0.15, 0.2) is 9.95 Å². The molecule has 2 bridgehead atoms. The maximum Gasteiger partial charge on any atom is 0.263 e. The highest BCUT2D eigenvalue weighted by Crippen LogP contribution is 2.49. The lowest BCUT2D eigenvalue weighted by atomic mass is 9.84. The van der Waals surface area contributed by atoms with Gasteiger partial charge in [0.05, 0.1) is 11.1 Å². The number of aryl methyl sites for hydroxylation is 2. The van der Waals surface area contributed by atoms with Gasteiger partial charge < -0.3 is 5.32 Å². The van der Waals surface area contributed by atoms with E-state index in [1.165, 1.54) is 73.6 Å². The molecule has 178 valence electrons. The number of aromatic nitrogens is 2. The molecule has 4 aliphatic rings. The van der Waals surface area contributed by atoms with Crippen molar-refractivity contribution >= 4 is 39.2 Å². The maximum atomic E-state index is 13.8. The number of carbonyl (C=O) groups is 1. The van der Waals surface area contributed by atoms with Crippen LogP contribution in [0.25, 0.3) is 10.2 Å². The highest BCUT2D eigenvalue weighted by Gasteiger charge is 2.42. The number of hydrogen-bond acceptors (Lipinski definition) is 5. The number of rotatable bonds is 6. The van der Waals surface area contributed by atoms with Gasteiger partial charge in [-0.25, -0.2) is 4.98 Å². The summed E-state index contributed by atoms with van der Waals surface area (Å²) in [6.45, 7) is 2.18. The molecule has 5 nitrogen and oxygen atoms in total. The lowest BCUT2D eigenvalue weighted by Crippen LogP contribution is -2.41. The van der Waals surface area contributed by atoms with Gasteiger partial charge in [-0.05, 0) is 88.0 Å². The highest BCUT2D eigenvalue weighted by molar-refractivity contribution is 7.99. The average molecular weight is 486 g/mol. The van der Waals surface area contributed by atoms with Crippen LogP contribution in [0.4, 0.5) is 0 Å². The van der Waals surface area contributed by atoms with E-state index in [0.29, 0.717) is 11.7 Å². The van der Waals surface area contributed by atoms with Gasteiger partial charge in [-0.1, -0.05) is 31.0 Å². The second kappa shape index (κ2) is 9.03. The number of carbonyl (C=O) groups excluding carboxylic acids is 1. The lowest BCUT2D eigenvalue weighted by Gasteiger charge is -2.28. The Morgan fingerprint density at radius 2 is 1.97 bits per heavy atom. The second-order valence-electron chi connectivity index (χ2n) is 10.9. The van der Waals surface area contributed by atoms with Crippen LogP contribution in [0.2, 0.25) is 0 Å². The van der Waals surface area contributed by atoms with Gasteiger partial charge in [0.2, 0.25) is 5.91 Å². The summed E-state index contributed by atoms with van der Waals surface area (Å²) >= 11 is 3.17. The predicted molar refractivity (Wildman–Crippen MR) is 135 cm³/mol. The van der Waals surface area contributed by atoms with Crippen molar-refractivity contribution in [3.05, 3.63) is 20.8 Å². The summed E-state index contributed by atoms with van der Waals surface area (Å²) in [4.78, 5) is 33.9. The molecule has 4 atom stereocenters. The standard InChI is InChI=1S/C26H35N3O2S2/c1-15(20-13-16-10-11-17(20)12-16)27-22(30)14-32-26-28-24-23(19-8-4-5-9-21(19)33-24)25(31)29(26)18-6-2-3-7-18/h15-18,20H,2-14H2,1H3,(H,27,30)/t15-,16+,17+,20-/m1/s1. The predicted octanol–water partition coefficient (Wildman–Crippen LogP) is 5.48. The average Bonchev–Trinajstić information content (AvgIpc) is 3.61. The Morgan fingerprint density at radius 3 is 2.73 bits per heavy atom. The number of nitrogens with zero attached hydrogens (tertiary/aromatic N) is 2. The SMILES string of the molecule is C[C@@H](NC(=O)CSc1nc2sc3c(c2c(=O)n1C1CCCC1)CCCC3)[C@H]1C[C@H]2CC[C@H]1C2. The quantitative estimate of drug-likeness (QED) is 0.434. The Hall–Kier alpha value is -1.34. The molecule has 0 aromatic carbocycles. The summed E-state index contributed by atoms with van der Waals surface area (Å²) in [5.41, 5.74) is 1.41. The van der Waals surface area contributed by atoms with Crippen molar-refractivity contribution in [1.82, 2.24) is 14.9 Å². The molecule has 0 aliphatic heterocycles. The van der Waals surface area contributed by atoms with E-state index in [0.717, 1.165) is 52.9 Å². The molecule has 2 heterocycles. The zero-order chi connectivity index (χ0) is 22.5. The van der Waals surface area contributed by atoms with E-state index in [-0.39, 0.29) is 23.6 Å². The summed E-state index contributed by atoms with van der Waals surface area (Å²) in [5, 5.41) is 4.91. The molecule has 7 heteroatoms. The van der Waals surface area contributed by atoms with Crippen LogP contribution in [0.1, 0.15) is 87.6 Å². The first-order valence-electron chi connectivity index (χ1n) is 13.1. The third-order valence-electron chi connectivity index (χ3n) is 8.83. The van der Waals surface area contributed by atoms with Crippen LogP contribution in [-0.4, -0.2) is 27.3 Å². The van der Waals surface area contributed by atoms with Crippen molar-refractivity contribution in [3.8, 4) is 0 Å². The summed E-state index contributed by atoms with van der Waals surface area (Å²) in [6, 6.07) is 0.469. The van der Waals surface area contributed by atoms with Crippen molar-refractivity contribution in [1.29, 1.82) is 0 Å². The fraction of sp³-hybridized carbons (Fsp3) is 0.731. The van der Waals surface area contributed by atoms with Crippen LogP contribution in [0, 0.1) is 17.8 Å².